The molecule has 0 aliphatic carbocycles. The monoisotopic (exact) mass is 427 g/mol. The summed E-state index contributed by atoms with van der Waals surface area (Å²) in [6.07, 6.45) is 2.16. The average molecular weight is 428 g/mol. The van der Waals surface area contributed by atoms with Crippen molar-refractivity contribution in [2.75, 3.05) is 6.61 Å². The van der Waals surface area contributed by atoms with E-state index in [1.807, 2.05) is 42.2 Å². The van der Waals surface area contributed by atoms with E-state index in [2.05, 4.69) is 41.9 Å². The molecule has 1 amide bonds. The van der Waals surface area contributed by atoms with E-state index in [9.17, 15) is 15.2 Å². The molecule has 1 aromatic heterocycles. The van der Waals surface area contributed by atoms with E-state index in [1.165, 1.54) is 22.2 Å². The van der Waals surface area contributed by atoms with E-state index < -0.39 is 0 Å². The molecule has 3 aromatic rings. The number of rotatable bonds is 4. The fourth-order valence-electron chi connectivity index (χ4n) is 6.33. The number of aryl methyl sites for hydroxylation is 1. The highest BCUT2D eigenvalue weighted by molar-refractivity contribution is 5.95. The maximum atomic E-state index is 13.8. The van der Waals surface area contributed by atoms with Crippen LogP contribution in [0.15, 0.2) is 54.6 Å². The van der Waals surface area contributed by atoms with Gasteiger partial charge in [0.05, 0.1) is 12.1 Å². The lowest BCUT2D eigenvalue weighted by atomic mass is 9.66. The molecule has 2 aliphatic heterocycles. The Morgan fingerprint density at radius 3 is 2.59 bits per heavy atom. The van der Waals surface area contributed by atoms with Crippen molar-refractivity contribution >= 4 is 16.8 Å². The first-order chi connectivity index (χ1) is 15.6. The summed E-state index contributed by atoms with van der Waals surface area (Å²) in [7, 11) is 2.08. The normalized spacial score (nSPS) is 25.2. The van der Waals surface area contributed by atoms with Gasteiger partial charge in [0.25, 0.3) is 5.91 Å². The minimum absolute atomic E-state index is 0.0124. The van der Waals surface area contributed by atoms with Crippen LogP contribution in [0.3, 0.4) is 0 Å². The van der Waals surface area contributed by atoms with E-state index in [0.29, 0.717) is 18.4 Å². The molecule has 0 spiro atoms. The third kappa shape index (κ3) is 2.97. The van der Waals surface area contributed by atoms with Crippen molar-refractivity contribution in [1.82, 2.24) is 9.47 Å². The molecule has 5 heteroatoms. The second-order valence-corrected chi connectivity index (χ2v) is 9.20. The van der Waals surface area contributed by atoms with Crippen LogP contribution in [0.25, 0.3) is 10.9 Å². The topological polar surface area (TPSA) is 69.3 Å². The Morgan fingerprint density at radius 2 is 1.91 bits per heavy atom. The number of hydrogen-bond acceptors (Lipinski definition) is 3. The highest BCUT2D eigenvalue weighted by Gasteiger charge is 2.51. The number of nitrogens with zero attached hydrogens (tertiary/aromatic N) is 3. The van der Waals surface area contributed by atoms with Crippen LogP contribution >= 0.6 is 0 Å². The second kappa shape index (κ2) is 8.11. The standard InChI is InChI=1S/C27H29N3O2/c1-3-17(15-28)20-13-25-26-21(19-11-7-8-12-23(19)29(26)2)14-24(22(20)16-31)30(25)27(32)18-9-5-4-6-10-18/h4-12,17,20,22,24-25,31H,3,13-14,16H2,1-2H3/t17?,20?,22?,24-,25-/m1/s1. The van der Waals surface area contributed by atoms with Crippen LogP contribution < -0.4 is 0 Å². The Bertz CT molecular complexity index is 1190. The number of aliphatic hydroxyl groups is 1. The summed E-state index contributed by atoms with van der Waals surface area (Å²) in [5.41, 5.74) is 4.31. The molecule has 3 unspecified atom stereocenters. The van der Waals surface area contributed by atoms with Gasteiger partial charge in [-0.15, -0.1) is 0 Å². The van der Waals surface area contributed by atoms with Crippen molar-refractivity contribution in [2.45, 2.75) is 38.3 Å². The number of carbonyl (C=O) groups is 1. The molecular weight excluding hydrogens is 398 g/mol. The van der Waals surface area contributed by atoms with E-state index in [-0.39, 0.29) is 42.4 Å². The fourth-order valence-corrected chi connectivity index (χ4v) is 6.33. The van der Waals surface area contributed by atoms with Gasteiger partial charge in [-0.2, -0.15) is 5.26 Å². The molecule has 1 fully saturated rings. The average Bonchev–Trinajstić information content (AvgIpc) is 3.11. The van der Waals surface area contributed by atoms with Gasteiger partial charge < -0.3 is 14.6 Å². The van der Waals surface area contributed by atoms with E-state index in [0.717, 1.165) is 6.42 Å². The lowest BCUT2D eigenvalue weighted by Crippen LogP contribution is -2.58. The summed E-state index contributed by atoms with van der Waals surface area (Å²) in [5, 5.41) is 21.6. The largest absolute Gasteiger partial charge is 0.396 e. The van der Waals surface area contributed by atoms with Crippen molar-refractivity contribution < 1.29 is 9.90 Å². The van der Waals surface area contributed by atoms with Crippen molar-refractivity contribution in [3.63, 3.8) is 0 Å². The van der Waals surface area contributed by atoms with Gasteiger partial charge in [0.2, 0.25) is 0 Å². The van der Waals surface area contributed by atoms with Gasteiger partial charge >= 0.3 is 0 Å². The zero-order valence-electron chi connectivity index (χ0n) is 18.6. The Balaban J connectivity index is 1.70. The van der Waals surface area contributed by atoms with Crippen LogP contribution in [0.4, 0.5) is 0 Å². The molecule has 2 aromatic carbocycles. The molecule has 2 aliphatic rings. The van der Waals surface area contributed by atoms with Gasteiger partial charge in [-0.3, -0.25) is 4.79 Å². The smallest absolute Gasteiger partial charge is 0.254 e. The summed E-state index contributed by atoms with van der Waals surface area (Å²) in [6, 6.07) is 20.1. The van der Waals surface area contributed by atoms with Crippen LogP contribution in [0.2, 0.25) is 0 Å². The number of aromatic nitrogens is 1. The van der Waals surface area contributed by atoms with Crippen LogP contribution in [0.1, 0.15) is 47.4 Å². The van der Waals surface area contributed by atoms with Gasteiger partial charge in [0.1, 0.15) is 0 Å². The third-order valence-electron chi connectivity index (χ3n) is 7.81. The number of fused-ring (bicyclic) bond motifs is 6. The third-order valence-corrected chi connectivity index (χ3v) is 7.81. The number of hydrogen-bond donors (Lipinski definition) is 1. The maximum Gasteiger partial charge on any atom is 0.254 e. The summed E-state index contributed by atoms with van der Waals surface area (Å²) < 4.78 is 2.24. The van der Waals surface area contributed by atoms with E-state index in [4.69, 9.17) is 0 Å². The van der Waals surface area contributed by atoms with Crippen molar-refractivity contribution in [3.05, 3.63) is 71.4 Å². The number of piperidine rings is 1. The van der Waals surface area contributed by atoms with Crippen LogP contribution in [-0.4, -0.2) is 33.1 Å². The summed E-state index contributed by atoms with van der Waals surface area (Å²) in [4.78, 5) is 15.8. The highest BCUT2D eigenvalue weighted by Crippen LogP contribution is 2.51. The summed E-state index contributed by atoms with van der Waals surface area (Å²) >= 11 is 0. The van der Waals surface area contributed by atoms with Gasteiger partial charge in [0, 0.05) is 53.7 Å². The number of carbonyl (C=O) groups excluding carboxylic acids is 1. The lowest BCUT2D eigenvalue weighted by Gasteiger charge is -2.53. The number of amides is 1. The molecule has 164 valence electrons. The van der Waals surface area contributed by atoms with E-state index in [1.54, 1.807) is 0 Å². The zero-order chi connectivity index (χ0) is 22.4. The SMILES string of the molecule is CCC(C#N)C1C[C@@H]2c3c(c4ccccc4n3C)C[C@H](C1CO)N2C(=O)c1ccccc1. The molecule has 5 rings (SSSR count). The molecule has 5 nitrogen and oxygen atoms in total. The molecule has 0 radical (unpaired) electrons. The maximum absolute atomic E-state index is 13.8. The fraction of sp³-hybridized carbons (Fsp3) is 0.407. The number of para-hydroxylation sites is 1. The van der Waals surface area contributed by atoms with E-state index >= 15 is 0 Å². The van der Waals surface area contributed by atoms with Crippen molar-refractivity contribution in [3.8, 4) is 6.07 Å². The Hall–Kier alpha value is -3.10. The first-order valence-corrected chi connectivity index (χ1v) is 11.5. The van der Waals surface area contributed by atoms with Crippen LogP contribution in [0.5, 0.6) is 0 Å². The molecule has 1 N–H and O–H groups in total. The van der Waals surface area contributed by atoms with Gasteiger partial charge in [0.15, 0.2) is 0 Å². The first-order valence-electron chi connectivity index (χ1n) is 11.5. The molecule has 3 heterocycles. The van der Waals surface area contributed by atoms with Crippen LogP contribution in [0, 0.1) is 29.1 Å². The number of benzene rings is 2. The predicted octanol–water partition coefficient (Wildman–Crippen LogP) is 4.46. The summed E-state index contributed by atoms with van der Waals surface area (Å²) in [6.45, 7) is 2.03. The Morgan fingerprint density at radius 1 is 1.19 bits per heavy atom. The molecule has 32 heavy (non-hydrogen) atoms. The molecular formula is C27H29N3O2. The minimum atomic E-state index is -0.128. The molecule has 1 saturated heterocycles. The Kier molecular flexibility index (Phi) is 5.27. The molecule has 2 bridgehead atoms. The quantitative estimate of drug-likeness (QED) is 0.668. The number of aliphatic hydroxyl groups excluding tert-OH is 1. The Labute approximate surface area is 188 Å². The van der Waals surface area contributed by atoms with Crippen molar-refractivity contribution in [2.24, 2.45) is 24.8 Å². The van der Waals surface area contributed by atoms with Gasteiger partial charge in [-0.1, -0.05) is 43.3 Å². The first kappa shape index (κ1) is 20.8. The van der Waals surface area contributed by atoms with Crippen LogP contribution in [-0.2, 0) is 13.5 Å². The second-order valence-electron chi connectivity index (χ2n) is 9.20. The molecule has 5 atom stereocenters. The predicted molar refractivity (Wildman–Crippen MR) is 124 cm³/mol. The van der Waals surface area contributed by atoms with Gasteiger partial charge in [-0.05, 0) is 48.9 Å². The summed E-state index contributed by atoms with van der Waals surface area (Å²) in [5.74, 6) is -0.160. The highest BCUT2D eigenvalue weighted by atomic mass is 16.3. The number of nitriles is 1. The minimum Gasteiger partial charge on any atom is -0.396 e. The van der Waals surface area contributed by atoms with Gasteiger partial charge in [-0.25, -0.2) is 0 Å². The molecule has 0 saturated carbocycles. The zero-order valence-corrected chi connectivity index (χ0v) is 18.6. The lowest BCUT2D eigenvalue weighted by molar-refractivity contribution is -0.0325. The van der Waals surface area contributed by atoms with Crippen molar-refractivity contribution in [1.29, 1.82) is 5.26 Å².